The fourth-order valence-electron chi connectivity index (χ4n) is 2.35. The molecule has 0 spiro atoms. The average Bonchev–Trinajstić information content (AvgIpc) is 2.75. The quantitative estimate of drug-likeness (QED) is 0.692. The Balaban J connectivity index is 2.28. The van der Waals surface area contributed by atoms with Crippen molar-refractivity contribution in [3.63, 3.8) is 0 Å². The molecule has 0 bridgehead atoms. The van der Waals surface area contributed by atoms with Crippen molar-refractivity contribution in [1.82, 2.24) is 4.57 Å². The van der Waals surface area contributed by atoms with Gasteiger partial charge in [-0.05, 0) is 68.7 Å². The summed E-state index contributed by atoms with van der Waals surface area (Å²) in [6, 6.07) is 9.65. The standard InChI is InChI=1S/C19H21N3O/c1-12-6-7-18(8-13(12)2)21-19(23)17(11-20)10-16-9-14(3)22(5)15(16)4/h6-10H,1-5H3,(H,21,23)/b17-10-. The van der Waals surface area contributed by atoms with Gasteiger partial charge in [-0.15, -0.1) is 0 Å². The topological polar surface area (TPSA) is 57.8 Å². The van der Waals surface area contributed by atoms with E-state index in [1.165, 1.54) is 0 Å². The number of carbonyl (C=O) groups excluding carboxylic acids is 1. The van der Waals surface area contributed by atoms with Crippen LogP contribution >= 0.6 is 0 Å². The highest BCUT2D eigenvalue weighted by atomic mass is 16.1. The third-order valence-electron chi connectivity index (χ3n) is 4.24. The van der Waals surface area contributed by atoms with Crippen molar-refractivity contribution in [2.45, 2.75) is 27.7 Å². The van der Waals surface area contributed by atoms with Gasteiger partial charge in [0, 0.05) is 24.1 Å². The van der Waals surface area contributed by atoms with E-state index in [9.17, 15) is 10.1 Å². The molecule has 0 aliphatic heterocycles. The van der Waals surface area contributed by atoms with E-state index in [1.54, 1.807) is 6.08 Å². The minimum Gasteiger partial charge on any atom is -0.352 e. The van der Waals surface area contributed by atoms with E-state index in [0.29, 0.717) is 5.69 Å². The van der Waals surface area contributed by atoms with E-state index in [4.69, 9.17) is 0 Å². The van der Waals surface area contributed by atoms with Crippen molar-refractivity contribution in [3.8, 4) is 6.07 Å². The molecule has 2 aromatic rings. The predicted octanol–water partition coefficient (Wildman–Crippen LogP) is 3.80. The van der Waals surface area contributed by atoms with Crippen molar-refractivity contribution >= 4 is 17.7 Å². The summed E-state index contributed by atoms with van der Waals surface area (Å²) in [5, 5.41) is 12.1. The first-order valence-corrected chi connectivity index (χ1v) is 7.46. The van der Waals surface area contributed by atoms with Crippen LogP contribution in [0, 0.1) is 39.0 Å². The molecule has 0 unspecified atom stereocenters. The zero-order chi connectivity index (χ0) is 17.1. The molecule has 1 aromatic carbocycles. The SMILES string of the molecule is Cc1ccc(NC(=O)/C(C#N)=C\c2cc(C)n(C)c2C)cc1C. The van der Waals surface area contributed by atoms with E-state index in [1.807, 2.05) is 69.6 Å². The van der Waals surface area contributed by atoms with Gasteiger partial charge < -0.3 is 9.88 Å². The lowest BCUT2D eigenvalue weighted by Gasteiger charge is -2.07. The molecule has 1 aromatic heterocycles. The van der Waals surface area contributed by atoms with Gasteiger partial charge in [-0.1, -0.05) is 6.07 Å². The van der Waals surface area contributed by atoms with Crippen molar-refractivity contribution in [2.75, 3.05) is 5.32 Å². The highest BCUT2D eigenvalue weighted by Crippen LogP contribution is 2.18. The number of rotatable bonds is 3. The Labute approximate surface area is 137 Å². The summed E-state index contributed by atoms with van der Waals surface area (Å²) in [5.74, 6) is -0.392. The predicted molar refractivity (Wildman–Crippen MR) is 93.0 cm³/mol. The van der Waals surface area contributed by atoms with Crippen LogP contribution < -0.4 is 5.32 Å². The summed E-state index contributed by atoms with van der Waals surface area (Å²) in [6.45, 7) is 7.96. The lowest BCUT2D eigenvalue weighted by molar-refractivity contribution is -0.112. The second kappa shape index (κ2) is 6.53. The minimum absolute atomic E-state index is 0.0944. The molecule has 4 nitrogen and oxygen atoms in total. The summed E-state index contributed by atoms with van der Waals surface area (Å²) >= 11 is 0. The van der Waals surface area contributed by atoms with Crippen molar-refractivity contribution in [2.24, 2.45) is 7.05 Å². The van der Waals surface area contributed by atoms with Gasteiger partial charge in [0.1, 0.15) is 11.6 Å². The van der Waals surface area contributed by atoms with E-state index < -0.39 is 5.91 Å². The van der Waals surface area contributed by atoms with Gasteiger partial charge in [-0.3, -0.25) is 4.79 Å². The molecule has 0 aliphatic rings. The molecule has 1 N–H and O–H groups in total. The highest BCUT2D eigenvalue weighted by molar-refractivity contribution is 6.09. The molecule has 0 saturated carbocycles. The number of anilines is 1. The molecule has 1 amide bonds. The van der Waals surface area contributed by atoms with Gasteiger partial charge in [-0.2, -0.15) is 5.26 Å². The summed E-state index contributed by atoms with van der Waals surface area (Å²) in [7, 11) is 1.96. The largest absolute Gasteiger partial charge is 0.352 e. The van der Waals surface area contributed by atoms with E-state index >= 15 is 0 Å². The van der Waals surface area contributed by atoms with Crippen LogP contribution in [0.4, 0.5) is 5.69 Å². The molecule has 2 rings (SSSR count). The van der Waals surface area contributed by atoms with Gasteiger partial charge in [0.15, 0.2) is 0 Å². The second-order valence-electron chi connectivity index (χ2n) is 5.81. The number of hydrogen-bond acceptors (Lipinski definition) is 2. The number of aromatic nitrogens is 1. The number of nitriles is 1. The Kier molecular flexibility index (Phi) is 4.71. The smallest absolute Gasteiger partial charge is 0.266 e. The van der Waals surface area contributed by atoms with E-state index in [-0.39, 0.29) is 5.57 Å². The summed E-state index contributed by atoms with van der Waals surface area (Å²) < 4.78 is 2.03. The maximum atomic E-state index is 12.3. The van der Waals surface area contributed by atoms with Gasteiger partial charge in [0.2, 0.25) is 0 Å². The molecule has 0 atom stereocenters. The molecule has 1 heterocycles. The summed E-state index contributed by atoms with van der Waals surface area (Å²) in [6.07, 6.45) is 1.64. The molecule has 0 fully saturated rings. The van der Waals surface area contributed by atoms with Crippen molar-refractivity contribution in [1.29, 1.82) is 5.26 Å². The Bertz CT molecular complexity index is 835. The number of nitrogens with zero attached hydrogens (tertiary/aromatic N) is 2. The monoisotopic (exact) mass is 307 g/mol. The molecule has 23 heavy (non-hydrogen) atoms. The molecular weight excluding hydrogens is 286 g/mol. The number of nitrogens with one attached hydrogen (secondary N) is 1. The fraction of sp³-hybridized carbons (Fsp3) is 0.263. The maximum absolute atomic E-state index is 12.3. The van der Waals surface area contributed by atoms with Crippen molar-refractivity contribution < 1.29 is 4.79 Å². The van der Waals surface area contributed by atoms with E-state index in [0.717, 1.165) is 28.1 Å². The zero-order valence-corrected chi connectivity index (χ0v) is 14.2. The van der Waals surface area contributed by atoms with Crippen LogP contribution in [0.1, 0.15) is 28.1 Å². The molecule has 0 radical (unpaired) electrons. The van der Waals surface area contributed by atoms with Crippen LogP contribution in [0.5, 0.6) is 0 Å². The van der Waals surface area contributed by atoms with Gasteiger partial charge >= 0.3 is 0 Å². The number of benzene rings is 1. The van der Waals surface area contributed by atoms with Crippen LogP contribution in [-0.4, -0.2) is 10.5 Å². The van der Waals surface area contributed by atoms with E-state index in [2.05, 4.69) is 5.32 Å². The average molecular weight is 307 g/mol. The van der Waals surface area contributed by atoms with Gasteiger partial charge in [-0.25, -0.2) is 0 Å². The normalized spacial score (nSPS) is 11.2. The molecule has 0 aliphatic carbocycles. The molecule has 0 saturated heterocycles. The number of aryl methyl sites for hydroxylation is 3. The number of hydrogen-bond donors (Lipinski definition) is 1. The minimum atomic E-state index is -0.392. The first kappa shape index (κ1) is 16.6. The molecule has 118 valence electrons. The van der Waals surface area contributed by atoms with Crippen LogP contribution in [0.15, 0.2) is 29.8 Å². The Morgan fingerprint density at radius 1 is 1.17 bits per heavy atom. The third-order valence-corrected chi connectivity index (χ3v) is 4.24. The Morgan fingerprint density at radius 2 is 1.87 bits per heavy atom. The Morgan fingerprint density at radius 3 is 2.39 bits per heavy atom. The number of carbonyl (C=O) groups is 1. The maximum Gasteiger partial charge on any atom is 0.266 e. The summed E-state index contributed by atoms with van der Waals surface area (Å²) in [5.41, 5.74) is 6.04. The van der Waals surface area contributed by atoms with Crippen LogP contribution in [0.25, 0.3) is 6.08 Å². The van der Waals surface area contributed by atoms with Gasteiger partial charge in [0.25, 0.3) is 5.91 Å². The first-order chi connectivity index (χ1) is 10.8. The third kappa shape index (κ3) is 3.51. The second-order valence-corrected chi connectivity index (χ2v) is 5.81. The fourth-order valence-corrected chi connectivity index (χ4v) is 2.35. The van der Waals surface area contributed by atoms with Crippen LogP contribution in [-0.2, 0) is 11.8 Å². The lowest BCUT2D eigenvalue weighted by atomic mass is 10.1. The first-order valence-electron chi connectivity index (χ1n) is 7.46. The molecular formula is C19H21N3O. The van der Waals surface area contributed by atoms with Gasteiger partial charge in [0.05, 0.1) is 0 Å². The zero-order valence-electron chi connectivity index (χ0n) is 14.2. The summed E-state index contributed by atoms with van der Waals surface area (Å²) in [4.78, 5) is 12.3. The van der Waals surface area contributed by atoms with Crippen LogP contribution in [0.3, 0.4) is 0 Å². The number of amides is 1. The highest BCUT2D eigenvalue weighted by Gasteiger charge is 2.12. The lowest BCUT2D eigenvalue weighted by Crippen LogP contribution is -2.13. The Hall–Kier alpha value is -2.80. The van der Waals surface area contributed by atoms with Crippen molar-refractivity contribution in [3.05, 3.63) is 57.9 Å². The molecule has 4 heteroatoms. The van der Waals surface area contributed by atoms with Crippen LogP contribution in [0.2, 0.25) is 0 Å².